The summed E-state index contributed by atoms with van der Waals surface area (Å²) in [6.45, 7) is 13.8. The fourth-order valence-electron chi connectivity index (χ4n) is 2.91. The van der Waals surface area contributed by atoms with E-state index in [4.69, 9.17) is 0 Å². The lowest BCUT2D eigenvalue weighted by Crippen LogP contribution is -2.55. The summed E-state index contributed by atoms with van der Waals surface area (Å²) in [7, 11) is 0. The van der Waals surface area contributed by atoms with E-state index in [0.717, 1.165) is 26.1 Å². The lowest BCUT2D eigenvalue weighted by molar-refractivity contribution is -0.128. The normalized spacial score (nSPS) is 23.0. The number of hydrogen-bond acceptors (Lipinski definition) is 3. The maximum atomic E-state index is 12.4. The Labute approximate surface area is 131 Å². The quantitative estimate of drug-likeness (QED) is 0.723. The summed E-state index contributed by atoms with van der Waals surface area (Å²) >= 11 is 0. The van der Waals surface area contributed by atoms with Gasteiger partial charge >= 0.3 is 0 Å². The molecule has 1 aliphatic rings. The molecule has 0 aliphatic carbocycles. The smallest absolute Gasteiger partial charge is 0.237 e. The summed E-state index contributed by atoms with van der Waals surface area (Å²) in [5, 5.41) is 6.68. The summed E-state index contributed by atoms with van der Waals surface area (Å²) in [5.74, 6) is 0.855. The van der Waals surface area contributed by atoms with Crippen molar-refractivity contribution in [1.29, 1.82) is 0 Å². The monoisotopic (exact) mass is 297 g/mol. The minimum absolute atomic E-state index is 0.0230. The molecule has 3 unspecified atom stereocenters. The second-order valence-corrected chi connectivity index (χ2v) is 6.93. The first-order valence-corrected chi connectivity index (χ1v) is 8.72. The molecule has 21 heavy (non-hydrogen) atoms. The lowest BCUT2D eigenvalue weighted by Gasteiger charge is -2.39. The highest BCUT2D eigenvalue weighted by Crippen LogP contribution is 2.19. The molecule has 4 nitrogen and oxygen atoms in total. The molecule has 0 aromatic heterocycles. The zero-order valence-corrected chi connectivity index (χ0v) is 14.6. The molecule has 0 bridgehead atoms. The van der Waals surface area contributed by atoms with Crippen LogP contribution in [0, 0.1) is 5.92 Å². The van der Waals surface area contributed by atoms with Crippen molar-refractivity contribution in [3.63, 3.8) is 0 Å². The van der Waals surface area contributed by atoms with E-state index >= 15 is 0 Å². The van der Waals surface area contributed by atoms with E-state index < -0.39 is 0 Å². The molecular weight excluding hydrogens is 262 g/mol. The van der Waals surface area contributed by atoms with Crippen molar-refractivity contribution in [2.24, 2.45) is 5.92 Å². The SMILES string of the molecule is CCC(C)NC(=O)C(C)N1CCCCC1CNCC(C)C. The molecule has 2 N–H and O–H groups in total. The summed E-state index contributed by atoms with van der Waals surface area (Å²) in [6.07, 6.45) is 4.68. The maximum absolute atomic E-state index is 12.4. The van der Waals surface area contributed by atoms with Gasteiger partial charge in [-0.1, -0.05) is 27.2 Å². The van der Waals surface area contributed by atoms with Crippen LogP contribution in [0.1, 0.15) is 60.3 Å². The fraction of sp³-hybridized carbons (Fsp3) is 0.941. The van der Waals surface area contributed by atoms with E-state index in [2.05, 4.69) is 50.2 Å². The molecule has 0 aromatic carbocycles. The van der Waals surface area contributed by atoms with Crippen molar-refractivity contribution in [3.05, 3.63) is 0 Å². The number of hydrogen-bond donors (Lipinski definition) is 2. The van der Waals surface area contributed by atoms with Gasteiger partial charge in [0.2, 0.25) is 5.91 Å². The Morgan fingerprint density at radius 2 is 1.95 bits per heavy atom. The predicted molar refractivity (Wildman–Crippen MR) is 89.4 cm³/mol. The van der Waals surface area contributed by atoms with Gasteiger partial charge in [0.1, 0.15) is 0 Å². The van der Waals surface area contributed by atoms with Gasteiger partial charge in [-0.3, -0.25) is 9.69 Å². The largest absolute Gasteiger partial charge is 0.352 e. The average molecular weight is 297 g/mol. The number of carbonyl (C=O) groups is 1. The summed E-state index contributed by atoms with van der Waals surface area (Å²) in [6, 6.07) is 0.739. The van der Waals surface area contributed by atoms with Crippen molar-refractivity contribution in [2.45, 2.75) is 78.4 Å². The Hall–Kier alpha value is -0.610. The van der Waals surface area contributed by atoms with E-state index in [9.17, 15) is 4.79 Å². The minimum Gasteiger partial charge on any atom is -0.352 e. The molecule has 1 aliphatic heterocycles. The van der Waals surface area contributed by atoms with Gasteiger partial charge in [-0.2, -0.15) is 0 Å². The van der Waals surface area contributed by atoms with Crippen LogP contribution in [0.5, 0.6) is 0 Å². The van der Waals surface area contributed by atoms with Crippen LogP contribution >= 0.6 is 0 Å². The summed E-state index contributed by atoms with van der Waals surface area (Å²) in [4.78, 5) is 14.8. The Kier molecular flexibility index (Phi) is 8.27. The predicted octanol–water partition coefficient (Wildman–Crippen LogP) is 2.39. The minimum atomic E-state index is -0.0230. The molecule has 0 radical (unpaired) electrons. The molecule has 1 fully saturated rings. The van der Waals surface area contributed by atoms with Gasteiger partial charge in [-0.05, 0) is 52.1 Å². The van der Waals surface area contributed by atoms with E-state index in [0.29, 0.717) is 12.0 Å². The highest BCUT2D eigenvalue weighted by Gasteiger charge is 2.30. The van der Waals surface area contributed by atoms with Crippen LogP contribution in [-0.4, -0.2) is 48.6 Å². The Balaban J connectivity index is 2.52. The number of amides is 1. The maximum Gasteiger partial charge on any atom is 0.237 e. The van der Waals surface area contributed by atoms with Gasteiger partial charge in [0, 0.05) is 18.6 Å². The second-order valence-electron chi connectivity index (χ2n) is 6.93. The van der Waals surface area contributed by atoms with Gasteiger partial charge < -0.3 is 10.6 Å². The average Bonchev–Trinajstić information content (AvgIpc) is 2.46. The number of rotatable bonds is 8. The van der Waals surface area contributed by atoms with Crippen molar-refractivity contribution in [3.8, 4) is 0 Å². The van der Waals surface area contributed by atoms with Crippen molar-refractivity contribution in [2.75, 3.05) is 19.6 Å². The van der Waals surface area contributed by atoms with Crippen LogP contribution < -0.4 is 10.6 Å². The number of nitrogens with one attached hydrogen (secondary N) is 2. The number of piperidine rings is 1. The first-order valence-electron chi connectivity index (χ1n) is 8.72. The Bertz CT molecular complexity index is 306. The van der Waals surface area contributed by atoms with Crippen LogP contribution in [0.15, 0.2) is 0 Å². The fourth-order valence-corrected chi connectivity index (χ4v) is 2.91. The van der Waals surface area contributed by atoms with Gasteiger partial charge in [0.05, 0.1) is 6.04 Å². The molecule has 3 atom stereocenters. The first kappa shape index (κ1) is 18.4. The number of carbonyl (C=O) groups excluding carboxylic acids is 1. The topological polar surface area (TPSA) is 44.4 Å². The molecule has 0 saturated carbocycles. The Morgan fingerprint density at radius 3 is 2.57 bits per heavy atom. The number of likely N-dealkylation sites (tertiary alicyclic amines) is 1. The third kappa shape index (κ3) is 6.35. The lowest BCUT2D eigenvalue weighted by atomic mass is 9.99. The van der Waals surface area contributed by atoms with Crippen molar-refractivity contribution in [1.82, 2.24) is 15.5 Å². The van der Waals surface area contributed by atoms with E-state index in [1.165, 1.54) is 19.3 Å². The second kappa shape index (κ2) is 9.42. The molecule has 1 saturated heterocycles. The molecule has 0 spiro atoms. The van der Waals surface area contributed by atoms with E-state index in [-0.39, 0.29) is 18.0 Å². The summed E-state index contributed by atoms with van der Waals surface area (Å²) in [5.41, 5.74) is 0. The van der Waals surface area contributed by atoms with Gasteiger partial charge in [0.25, 0.3) is 0 Å². The molecule has 0 aromatic rings. The first-order chi connectivity index (χ1) is 9.95. The highest BCUT2D eigenvalue weighted by molar-refractivity contribution is 5.81. The zero-order chi connectivity index (χ0) is 15.8. The van der Waals surface area contributed by atoms with Crippen LogP contribution in [-0.2, 0) is 4.79 Å². The summed E-state index contributed by atoms with van der Waals surface area (Å²) < 4.78 is 0. The molecule has 124 valence electrons. The van der Waals surface area contributed by atoms with Crippen LogP contribution in [0.3, 0.4) is 0 Å². The van der Waals surface area contributed by atoms with E-state index in [1.54, 1.807) is 0 Å². The molecule has 1 amide bonds. The molecular formula is C17H35N3O. The van der Waals surface area contributed by atoms with Crippen molar-refractivity contribution >= 4 is 5.91 Å². The van der Waals surface area contributed by atoms with Gasteiger partial charge in [-0.25, -0.2) is 0 Å². The standard InChI is InChI=1S/C17H35N3O/c1-6-14(4)19-17(21)15(5)20-10-8-7-9-16(20)12-18-11-13(2)3/h13-16,18H,6-12H2,1-5H3,(H,19,21). The number of nitrogens with zero attached hydrogens (tertiary/aromatic N) is 1. The van der Waals surface area contributed by atoms with Gasteiger partial charge in [0.15, 0.2) is 0 Å². The van der Waals surface area contributed by atoms with Crippen LogP contribution in [0.4, 0.5) is 0 Å². The van der Waals surface area contributed by atoms with Crippen LogP contribution in [0.2, 0.25) is 0 Å². The third-order valence-corrected chi connectivity index (χ3v) is 4.48. The molecule has 4 heteroatoms. The van der Waals surface area contributed by atoms with E-state index in [1.807, 2.05) is 0 Å². The molecule has 1 rings (SSSR count). The highest BCUT2D eigenvalue weighted by atomic mass is 16.2. The van der Waals surface area contributed by atoms with Gasteiger partial charge in [-0.15, -0.1) is 0 Å². The third-order valence-electron chi connectivity index (χ3n) is 4.48. The molecule has 1 heterocycles. The Morgan fingerprint density at radius 1 is 1.24 bits per heavy atom. The zero-order valence-electron chi connectivity index (χ0n) is 14.6. The van der Waals surface area contributed by atoms with Crippen LogP contribution in [0.25, 0.3) is 0 Å². The van der Waals surface area contributed by atoms with Crippen molar-refractivity contribution < 1.29 is 4.79 Å².